The first kappa shape index (κ1) is 23.3. The van der Waals surface area contributed by atoms with E-state index in [-0.39, 0.29) is 12.5 Å². The Morgan fingerprint density at radius 3 is 2.34 bits per heavy atom. The SMILES string of the molecule is CCOc1ccc(C(=O)Nc2cc(OC)c(Cl)cc2OC)cc1COc1ccccc1C. The van der Waals surface area contributed by atoms with Crippen molar-refractivity contribution in [3.05, 3.63) is 76.3 Å². The van der Waals surface area contributed by atoms with Crippen molar-refractivity contribution >= 4 is 23.2 Å². The Labute approximate surface area is 193 Å². The maximum atomic E-state index is 13.0. The number of ether oxygens (including phenoxy) is 4. The van der Waals surface area contributed by atoms with Crippen LogP contribution in [-0.4, -0.2) is 26.7 Å². The fraction of sp³-hybridized carbons (Fsp3) is 0.240. The number of aryl methyl sites for hydroxylation is 1. The quantitative estimate of drug-likeness (QED) is 0.435. The molecule has 0 saturated carbocycles. The largest absolute Gasteiger partial charge is 0.495 e. The predicted molar refractivity (Wildman–Crippen MR) is 126 cm³/mol. The highest BCUT2D eigenvalue weighted by atomic mass is 35.5. The number of carbonyl (C=O) groups excluding carboxylic acids is 1. The van der Waals surface area contributed by atoms with Gasteiger partial charge in [-0.3, -0.25) is 4.79 Å². The van der Waals surface area contributed by atoms with E-state index in [9.17, 15) is 4.79 Å². The van der Waals surface area contributed by atoms with Crippen molar-refractivity contribution in [2.45, 2.75) is 20.5 Å². The number of benzene rings is 3. The van der Waals surface area contributed by atoms with Crippen molar-refractivity contribution in [3.8, 4) is 23.0 Å². The number of hydrogen-bond donors (Lipinski definition) is 1. The van der Waals surface area contributed by atoms with Crippen LogP contribution in [0.4, 0.5) is 5.69 Å². The summed E-state index contributed by atoms with van der Waals surface area (Å²) >= 11 is 6.15. The van der Waals surface area contributed by atoms with Crippen molar-refractivity contribution in [2.75, 3.05) is 26.1 Å². The molecule has 6 nitrogen and oxygen atoms in total. The summed E-state index contributed by atoms with van der Waals surface area (Å²) in [5, 5.41) is 3.25. The zero-order valence-electron chi connectivity index (χ0n) is 18.5. The second-order valence-electron chi connectivity index (χ2n) is 6.95. The van der Waals surface area contributed by atoms with Crippen molar-refractivity contribution in [2.24, 2.45) is 0 Å². The van der Waals surface area contributed by atoms with E-state index in [0.29, 0.717) is 40.1 Å². The molecule has 1 N–H and O–H groups in total. The predicted octanol–water partition coefficient (Wildman–Crippen LogP) is 5.90. The molecule has 0 aliphatic heterocycles. The summed E-state index contributed by atoms with van der Waals surface area (Å²) in [6, 6.07) is 16.2. The van der Waals surface area contributed by atoms with Gasteiger partial charge in [0.15, 0.2) is 0 Å². The molecule has 0 unspecified atom stereocenters. The van der Waals surface area contributed by atoms with Crippen LogP contribution >= 0.6 is 11.6 Å². The van der Waals surface area contributed by atoms with Gasteiger partial charge in [-0.1, -0.05) is 29.8 Å². The van der Waals surface area contributed by atoms with Crippen molar-refractivity contribution in [1.29, 1.82) is 0 Å². The van der Waals surface area contributed by atoms with Gasteiger partial charge in [-0.15, -0.1) is 0 Å². The minimum atomic E-state index is -0.312. The average molecular weight is 456 g/mol. The van der Waals surface area contributed by atoms with Gasteiger partial charge in [-0.2, -0.15) is 0 Å². The maximum Gasteiger partial charge on any atom is 0.255 e. The minimum Gasteiger partial charge on any atom is -0.495 e. The van der Waals surface area contributed by atoms with E-state index in [1.54, 1.807) is 30.3 Å². The van der Waals surface area contributed by atoms with E-state index >= 15 is 0 Å². The summed E-state index contributed by atoms with van der Waals surface area (Å²) in [6.07, 6.45) is 0. The molecule has 0 bridgehead atoms. The lowest BCUT2D eigenvalue weighted by atomic mass is 10.1. The number of anilines is 1. The first-order chi connectivity index (χ1) is 15.5. The first-order valence-electron chi connectivity index (χ1n) is 10.1. The third-order valence-electron chi connectivity index (χ3n) is 4.82. The van der Waals surface area contributed by atoms with E-state index < -0.39 is 0 Å². The van der Waals surface area contributed by atoms with Crippen LogP contribution in [0.5, 0.6) is 23.0 Å². The van der Waals surface area contributed by atoms with Gasteiger partial charge in [0.25, 0.3) is 5.91 Å². The van der Waals surface area contributed by atoms with Crippen molar-refractivity contribution in [3.63, 3.8) is 0 Å². The van der Waals surface area contributed by atoms with Crippen LogP contribution in [0.2, 0.25) is 5.02 Å². The molecule has 0 aliphatic rings. The number of rotatable bonds is 9. The molecule has 0 aromatic heterocycles. The lowest BCUT2D eigenvalue weighted by molar-refractivity contribution is 0.102. The minimum absolute atomic E-state index is 0.263. The van der Waals surface area contributed by atoms with Crippen molar-refractivity contribution in [1.82, 2.24) is 0 Å². The number of nitrogens with one attached hydrogen (secondary N) is 1. The van der Waals surface area contributed by atoms with Gasteiger partial charge in [-0.05, 0) is 43.7 Å². The van der Waals surface area contributed by atoms with E-state index in [0.717, 1.165) is 16.9 Å². The molecule has 32 heavy (non-hydrogen) atoms. The number of amides is 1. The Morgan fingerprint density at radius 1 is 0.906 bits per heavy atom. The average Bonchev–Trinajstić information content (AvgIpc) is 2.80. The molecule has 168 valence electrons. The number of carbonyl (C=O) groups is 1. The number of halogens is 1. The number of para-hydroxylation sites is 1. The second-order valence-corrected chi connectivity index (χ2v) is 7.36. The zero-order chi connectivity index (χ0) is 23.1. The summed E-state index contributed by atoms with van der Waals surface area (Å²) in [6.45, 7) is 4.66. The summed E-state index contributed by atoms with van der Waals surface area (Å²) in [7, 11) is 3.01. The summed E-state index contributed by atoms with van der Waals surface area (Å²) in [5.74, 6) is 2.00. The van der Waals surface area contributed by atoms with Gasteiger partial charge < -0.3 is 24.3 Å². The van der Waals surface area contributed by atoms with Gasteiger partial charge in [0, 0.05) is 23.3 Å². The molecule has 0 saturated heterocycles. The molecule has 7 heteroatoms. The molecule has 3 aromatic rings. The Balaban J connectivity index is 1.85. The highest BCUT2D eigenvalue weighted by molar-refractivity contribution is 6.32. The molecular weight excluding hydrogens is 430 g/mol. The Morgan fingerprint density at radius 2 is 1.66 bits per heavy atom. The second kappa shape index (κ2) is 10.8. The molecule has 0 atom stereocenters. The van der Waals surface area contributed by atoms with Gasteiger partial charge in [0.05, 0.1) is 31.5 Å². The smallest absolute Gasteiger partial charge is 0.255 e. The summed E-state index contributed by atoms with van der Waals surface area (Å²) < 4.78 is 22.3. The van der Waals surface area contributed by atoms with Gasteiger partial charge >= 0.3 is 0 Å². The van der Waals surface area contributed by atoms with E-state index in [2.05, 4.69) is 5.32 Å². The summed E-state index contributed by atoms with van der Waals surface area (Å²) in [5.41, 5.74) is 2.70. The Bertz CT molecular complexity index is 1100. The molecule has 1 amide bonds. The molecule has 0 aliphatic carbocycles. The van der Waals surface area contributed by atoms with Crippen LogP contribution in [0.25, 0.3) is 0 Å². The Hall–Kier alpha value is -3.38. The van der Waals surface area contributed by atoms with Gasteiger partial charge in [0.1, 0.15) is 29.6 Å². The molecule has 3 rings (SSSR count). The molecule has 0 fully saturated rings. The summed E-state index contributed by atoms with van der Waals surface area (Å²) in [4.78, 5) is 13.0. The monoisotopic (exact) mass is 455 g/mol. The molecule has 3 aromatic carbocycles. The normalized spacial score (nSPS) is 10.4. The molecule has 0 heterocycles. The van der Waals surface area contributed by atoms with Crippen LogP contribution in [0.3, 0.4) is 0 Å². The van der Waals surface area contributed by atoms with Gasteiger partial charge in [-0.25, -0.2) is 0 Å². The third-order valence-corrected chi connectivity index (χ3v) is 5.12. The first-order valence-corrected chi connectivity index (χ1v) is 10.5. The standard InChI is InChI=1S/C25H26ClNO5/c1-5-31-22-11-10-17(12-18(22)15-32-21-9-7-6-8-16(21)2)25(28)27-20-14-23(29-3)19(26)13-24(20)30-4/h6-14H,5,15H2,1-4H3,(H,27,28). The van der Waals surface area contributed by atoms with Crippen LogP contribution in [0.15, 0.2) is 54.6 Å². The highest BCUT2D eigenvalue weighted by Crippen LogP contribution is 2.36. The van der Waals surface area contributed by atoms with Crippen LogP contribution in [0.1, 0.15) is 28.4 Å². The molecular formula is C25H26ClNO5. The van der Waals surface area contributed by atoms with E-state index in [1.807, 2.05) is 38.1 Å². The molecule has 0 radical (unpaired) electrons. The molecule has 0 spiro atoms. The van der Waals surface area contributed by atoms with E-state index in [4.69, 9.17) is 30.5 Å². The highest BCUT2D eigenvalue weighted by Gasteiger charge is 2.16. The lowest BCUT2D eigenvalue weighted by Crippen LogP contribution is -2.14. The fourth-order valence-corrected chi connectivity index (χ4v) is 3.39. The van der Waals surface area contributed by atoms with Gasteiger partial charge in [0.2, 0.25) is 0 Å². The van der Waals surface area contributed by atoms with E-state index in [1.165, 1.54) is 14.2 Å². The third kappa shape index (κ3) is 5.45. The fourth-order valence-electron chi connectivity index (χ4n) is 3.16. The Kier molecular flexibility index (Phi) is 7.84. The van der Waals surface area contributed by atoms with Crippen molar-refractivity contribution < 1.29 is 23.7 Å². The van der Waals surface area contributed by atoms with Crippen LogP contribution < -0.4 is 24.3 Å². The number of methoxy groups -OCH3 is 2. The topological polar surface area (TPSA) is 66.0 Å². The van der Waals surface area contributed by atoms with Crippen LogP contribution in [-0.2, 0) is 6.61 Å². The zero-order valence-corrected chi connectivity index (χ0v) is 19.3. The van der Waals surface area contributed by atoms with Crippen LogP contribution in [0, 0.1) is 6.92 Å². The lowest BCUT2D eigenvalue weighted by Gasteiger charge is -2.15. The number of hydrogen-bond acceptors (Lipinski definition) is 5. The maximum absolute atomic E-state index is 13.0.